The van der Waals surface area contributed by atoms with Gasteiger partial charge in [-0.15, -0.1) is 29.9 Å². The maximum absolute atomic E-state index is 13.8. The van der Waals surface area contributed by atoms with Crippen LogP contribution in [0.2, 0.25) is 0 Å². The lowest BCUT2D eigenvalue weighted by molar-refractivity contribution is -0.107. The molecule has 0 radical (unpaired) electrons. The third kappa shape index (κ3) is 7.52. The molecule has 1 saturated heterocycles. The molecular formula is C28H40Cl2FN9O2. The van der Waals surface area contributed by atoms with Crippen LogP contribution < -0.4 is 21.7 Å². The first-order valence-electron chi connectivity index (χ1n) is 14.5. The number of carbonyl (C=O) groups is 1. The maximum Gasteiger partial charge on any atom is 0.430 e. The number of nitrogens with one attached hydrogen (secondary N) is 3. The average Bonchev–Trinajstić information content (AvgIpc) is 3.63. The Kier molecular flexibility index (Phi) is 11.0. The number of fused-ring (bicyclic) bond motifs is 1. The molecule has 1 aliphatic heterocycles. The first kappa shape index (κ1) is 32.0. The van der Waals surface area contributed by atoms with Crippen LogP contribution in [0.5, 0.6) is 0 Å². The van der Waals surface area contributed by atoms with Crippen molar-refractivity contribution >= 4 is 59.5 Å². The number of nitrogens with zero attached hydrogens (tertiary/aromatic N) is 5. The summed E-state index contributed by atoms with van der Waals surface area (Å²) in [6.07, 6.45) is 11.5. The molecule has 1 amide bonds. The molecule has 3 aliphatic rings. The van der Waals surface area contributed by atoms with E-state index in [2.05, 4.69) is 20.5 Å². The summed E-state index contributed by atoms with van der Waals surface area (Å²) in [5.74, 6) is 0.851. The lowest BCUT2D eigenvalue weighted by Gasteiger charge is -2.31. The zero-order chi connectivity index (χ0) is 27.5. The summed E-state index contributed by atoms with van der Waals surface area (Å²) >= 11 is 0. The van der Waals surface area contributed by atoms with Gasteiger partial charge in [0, 0.05) is 37.3 Å². The van der Waals surface area contributed by atoms with E-state index in [1.54, 1.807) is 17.2 Å². The summed E-state index contributed by atoms with van der Waals surface area (Å²) in [5, 5.41) is 11.3. The Morgan fingerprint density at radius 2 is 1.62 bits per heavy atom. The number of rotatable bonds is 7. The van der Waals surface area contributed by atoms with E-state index in [9.17, 15) is 9.18 Å². The molecule has 0 spiro atoms. The molecule has 3 fully saturated rings. The molecule has 5 N–H and O–H groups in total. The summed E-state index contributed by atoms with van der Waals surface area (Å²) in [5.41, 5.74) is 7.86. The molecule has 11 nitrogen and oxygen atoms in total. The number of hydroxylamine groups is 2. The molecule has 14 heteroatoms. The summed E-state index contributed by atoms with van der Waals surface area (Å²) in [6, 6.07) is 7.15. The first-order valence-corrected chi connectivity index (χ1v) is 14.5. The highest BCUT2D eigenvalue weighted by atomic mass is 35.5. The second-order valence-corrected chi connectivity index (χ2v) is 11.2. The van der Waals surface area contributed by atoms with Gasteiger partial charge in [-0.3, -0.25) is 5.32 Å². The molecular weight excluding hydrogens is 584 g/mol. The highest BCUT2D eigenvalue weighted by molar-refractivity contribution is 5.86. The van der Waals surface area contributed by atoms with E-state index in [-0.39, 0.29) is 42.6 Å². The van der Waals surface area contributed by atoms with E-state index in [1.807, 2.05) is 6.33 Å². The SMILES string of the molecule is Cl.Cl.N[C@H]1CC[C@H](Nc2nc(NC3CCN(OC(=O)Nc4ccccc4F)CC3)c3ncn(C4CCCC4)c3n2)CC1. The normalized spacial score (nSPS) is 21.8. The molecule has 0 bridgehead atoms. The second-order valence-electron chi connectivity index (χ2n) is 11.2. The lowest BCUT2D eigenvalue weighted by atomic mass is 9.92. The van der Waals surface area contributed by atoms with Gasteiger partial charge in [-0.1, -0.05) is 25.0 Å². The Morgan fingerprint density at radius 3 is 2.33 bits per heavy atom. The van der Waals surface area contributed by atoms with Gasteiger partial charge in [0.25, 0.3) is 0 Å². The highest BCUT2D eigenvalue weighted by Gasteiger charge is 2.27. The third-order valence-electron chi connectivity index (χ3n) is 8.36. The van der Waals surface area contributed by atoms with Crippen molar-refractivity contribution in [3.8, 4) is 0 Å². The Hall–Kier alpha value is -2.93. The summed E-state index contributed by atoms with van der Waals surface area (Å²) < 4.78 is 16.1. The fourth-order valence-corrected chi connectivity index (χ4v) is 6.07. The van der Waals surface area contributed by atoms with Crippen LogP contribution in [-0.4, -0.2) is 61.9 Å². The van der Waals surface area contributed by atoms with Crippen molar-refractivity contribution in [1.29, 1.82) is 0 Å². The fourth-order valence-electron chi connectivity index (χ4n) is 6.07. The van der Waals surface area contributed by atoms with E-state index < -0.39 is 11.9 Å². The van der Waals surface area contributed by atoms with E-state index in [4.69, 9.17) is 25.5 Å². The minimum absolute atomic E-state index is 0. The third-order valence-corrected chi connectivity index (χ3v) is 8.36. The molecule has 2 saturated carbocycles. The van der Waals surface area contributed by atoms with Crippen LogP contribution >= 0.6 is 24.8 Å². The highest BCUT2D eigenvalue weighted by Crippen LogP contribution is 2.34. The maximum atomic E-state index is 13.8. The van der Waals surface area contributed by atoms with E-state index in [0.717, 1.165) is 68.3 Å². The van der Waals surface area contributed by atoms with Gasteiger partial charge < -0.3 is 25.8 Å². The molecule has 6 rings (SSSR count). The number of carbonyl (C=O) groups excluding carboxylic acids is 1. The van der Waals surface area contributed by atoms with Crippen molar-refractivity contribution in [2.75, 3.05) is 29.0 Å². The van der Waals surface area contributed by atoms with Crippen molar-refractivity contribution in [3.63, 3.8) is 0 Å². The number of nitrogens with two attached hydrogens (primary N) is 1. The number of hydrogen-bond donors (Lipinski definition) is 4. The molecule has 42 heavy (non-hydrogen) atoms. The molecule has 230 valence electrons. The number of benzene rings is 1. The van der Waals surface area contributed by atoms with Gasteiger partial charge in [0.15, 0.2) is 17.0 Å². The van der Waals surface area contributed by atoms with Gasteiger partial charge in [0.05, 0.1) is 12.0 Å². The van der Waals surface area contributed by atoms with Crippen molar-refractivity contribution in [3.05, 3.63) is 36.4 Å². The van der Waals surface area contributed by atoms with Crippen LogP contribution in [-0.2, 0) is 4.84 Å². The fraction of sp³-hybridized carbons (Fsp3) is 0.571. The number of imidazole rings is 1. The molecule has 1 aromatic carbocycles. The molecule has 0 unspecified atom stereocenters. The number of piperidine rings is 1. The van der Waals surface area contributed by atoms with E-state index >= 15 is 0 Å². The standard InChI is InChI=1S/C28H38FN9O2.2ClH/c29-22-7-3-4-8-23(22)34-28(39)40-37-15-13-20(14-16-37)32-25-24-26(38(17-31-24)21-5-1-2-6-21)36-27(35-25)33-19-11-9-18(30)10-12-19;;/h3-4,7-8,17-21H,1-2,5-6,9-16,30H2,(H,34,39)(H2,32,33,35,36);2*1H/t18-,19-;;. The van der Waals surface area contributed by atoms with Crippen molar-refractivity contribution < 1.29 is 14.0 Å². The zero-order valence-electron chi connectivity index (χ0n) is 23.5. The zero-order valence-corrected chi connectivity index (χ0v) is 25.1. The predicted molar refractivity (Wildman–Crippen MR) is 166 cm³/mol. The van der Waals surface area contributed by atoms with Gasteiger partial charge in [0.2, 0.25) is 5.95 Å². The quantitative estimate of drug-likeness (QED) is 0.263. The van der Waals surface area contributed by atoms with Crippen LogP contribution in [0.15, 0.2) is 30.6 Å². The summed E-state index contributed by atoms with van der Waals surface area (Å²) in [7, 11) is 0. The van der Waals surface area contributed by atoms with E-state index in [0.29, 0.717) is 31.1 Å². The first-order chi connectivity index (χ1) is 19.5. The van der Waals surface area contributed by atoms with Crippen molar-refractivity contribution in [1.82, 2.24) is 24.6 Å². The number of aromatic nitrogens is 4. The predicted octanol–water partition coefficient (Wildman–Crippen LogP) is 5.65. The van der Waals surface area contributed by atoms with Crippen molar-refractivity contribution in [2.24, 2.45) is 5.73 Å². The van der Waals surface area contributed by atoms with Crippen LogP contribution in [0.3, 0.4) is 0 Å². The topological polar surface area (TPSA) is 135 Å². The van der Waals surface area contributed by atoms with Crippen LogP contribution in [0.25, 0.3) is 11.2 Å². The number of para-hydroxylation sites is 1. The van der Waals surface area contributed by atoms with Crippen LogP contribution in [0.1, 0.15) is 70.3 Å². The molecule has 3 aromatic rings. The smallest absolute Gasteiger partial charge is 0.365 e. The minimum Gasteiger partial charge on any atom is -0.365 e. The Labute approximate surface area is 257 Å². The Balaban J connectivity index is 0.00000202. The van der Waals surface area contributed by atoms with Gasteiger partial charge in [0.1, 0.15) is 5.82 Å². The molecule has 2 aromatic heterocycles. The van der Waals surface area contributed by atoms with Crippen LogP contribution in [0.4, 0.5) is 26.6 Å². The van der Waals surface area contributed by atoms with Gasteiger partial charge >= 0.3 is 6.09 Å². The largest absolute Gasteiger partial charge is 0.430 e. The average molecular weight is 625 g/mol. The Morgan fingerprint density at radius 1 is 0.929 bits per heavy atom. The molecule has 3 heterocycles. The Bertz CT molecular complexity index is 1320. The summed E-state index contributed by atoms with van der Waals surface area (Å²) in [4.78, 5) is 32.3. The lowest BCUT2D eigenvalue weighted by Crippen LogP contribution is -2.41. The van der Waals surface area contributed by atoms with E-state index in [1.165, 1.54) is 25.0 Å². The van der Waals surface area contributed by atoms with Gasteiger partial charge in [-0.05, 0) is 63.5 Å². The number of halogens is 3. The number of hydrogen-bond acceptors (Lipinski definition) is 9. The molecule has 0 atom stereocenters. The number of anilines is 3. The minimum atomic E-state index is -0.703. The number of amides is 1. The second kappa shape index (κ2) is 14.5. The van der Waals surface area contributed by atoms with Gasteiger partial charge in [-0.25, -0.2) is 14.2 Å². The monoisotopic (exact) mass is 623 g/mol. The summed E-state index contributed by atoms with van der Waals surface area (Å²) in [6.45, 7) is 1.08. The molecule has 2 aliphatic carbocycles. The van der Waals surface area contributed by atoms with Crippen LogP contribution in [0, 0.1) is 5.82 Å². The van der Waals surface area contributed by atoms with Crippen molar-refractivity contribution in [2.45, 2.75) is 88.4 Å². The van der Waals surface area contributed by atoms with Gasteiger partial charge in [-0.2, -0.15) is 9.97 Å².